The number of rotatable bonds is 4. The van der Waals surface area contributed by atoms with Crippen molar-refractivity contribution in [2.75, 3.05) is 11.9 Å². The van der Waals surface area contributed by atoms with E-state index in [9.17, 15) is 13.6 Å². The Hall–Kier alpha value is -2.43. The van der Waals surface area contributed by atoms with Crippen LogP contribution in [0.25, 0.3) is 0 Å². The van der Waals surface area contributed by atoms with Gasteiger partial charge in [-0.2, -0.15) is 0 Å². The highest BCUT2D eigenvalue weighted by Gasteiger charge is 2.12. The molecule has 1 amide bonds. The molecule has 0 aromatic heterocycles. The second kappa shape index (κ2) is 6.14. The van der Waals surface area contributed by atoms with Crippen LogP contribution in [0.3, 0.4) is 0 Å². The van der Waals surface area contributed by atoms with Crippen molar-refractivity contribution in [3.8, 4) is 5.75 Å². The lowest BCUT2D eigenvalue weighted by Gasteiger charge is -2.08. The van der Waals surface area contributed by atoms with Crippen LogP contribution in [-0.4, -0.2) is 12.5 Å². The quantitative estimate of drug-likeness (QED) is 0.927. The van der Waals surface area contributed by atoms with E-state index in [2.05, 4.69) is 5.32 Å². The fourth-order valence-corrected chi connectivity index (χ4v) is 1.69. The van der Waals surface area contributed by atoms with Gasteiger partial charge in [0.1, 0.15) is 5.82 Å². The van der Waals surface area contributed by atoms with E-state index in [4.69, 9.17) is 4.74 Å². The molecule has 0 saturated carbocycles. The molecule has 0 radical (unpaired) electrons. The molecule has 0 fully saturated rings. The van der Waals surface area contributed by atoms with Gasteiger partial charge in [-0.3, -0.25) is 4.79 Å². The van der Waals surface area contributed by atoms with Crippen LogP contribution < -0.4 is 10.1 Å². The second-order valence-corrected chi connectivity index (χ2v) is 4.01. The van der Waals surface area contributed by atoms with E-state index in [0.29, 0.717) is 6.61 Å². The first kappa shape index (κ1) is 14.0. The van der Waals surface area contributed by atoms with Crippen molar-refractivity contribution < 1.29 is 18.3 Å². The molecule has 2 aromatic carbocycles. The van der Waals surface area contributed by atoms with E-state index in [1.165, 1.54) is 30.3 Å². The Labute approximate surface area is 115 Å². The summed E-state index contributed by atoms with van der Waals surface area (Å²) in [5, 5.41) is 2.43. The van der Waals surface area contributed by atoms with Gasteiger partial charge in [-0.25, -0.2) is 8.78 Å². The van der Waals surface area contributed by atoms with Crippen LogP contribution in [0.15, 0.2) is 42.5 Å². The number of nitrogens with one attached hydrogen (secondary N) is 1. The van der Waals surface area contributed by atoms with Crippen molar-refractivity contribution in [2.24, 2.45) is 0 Å². The van der Waals surface area contributed by atoms with Gasteiger partial charge in [0, 0.05) is 11.8 Å². The normalized spacial score (nSPS) is 10.2. The van der Waals surface area contributed by atoms with Crippen LogP contribution in [0.1, 0.15) is 17.3 Å². The minimum Gasteiger partial charge on any atom is -0.491 e. The third kappa shape index (κ3) is 3.12. The summed E-state index contributed by atoms with van der Waals surface area (Å²) in [7, 11) is 0. The number of halogens is 2. The maximum absolute atomic E-state index is 13.6. The molecule has 0 saturated heterocycles. The van der Waals surface area contributed by atoms with Crippen LogP contribution in [0.4, 0.5) is 14.5 Å². The van der Waals surface area contributed by atoms with E-state index in [1.54, 1.807) is 13.0 Å². The molecule has 0 aliphatic heterocycles. The second-order valence-electron chi connectivity index (χ2n) is 4.01. The fourth-order valence-electron chi connectivity index (χ4n) is 1.69. The van der Waals surface area contributed by atoms with E-state index < -0.39 is 17.5 Å². The Balaban J connectivity index is 2.16. The highest BCUT2D eigenvalue weighted by atomic mass is 19.1. The SMILES string of the molecule is CCOc1ccc(NC(=O)c2ccccc2F)cc1F. The first-order valence-corrected chi connectivity index (χ1v) is 6.10. The maximum Gasteiger partial charge on any atom is 0.258 e. The van der Waals surface area contributed by atoms with Crippen LogP contribution in [0.5, 0.6) is 5.75 Å². The minimum absolute atomic E-state index is 0.0956. The molecule has 1 N–H and O–H groups in total. The predicted octanol–water partition coefficient (Wildman–Crippen LogP) is 3.62. The Morgan fingerprint density at radius 3 is 2.55 bits per heavy atom. The number of carbonyl (C=O) groups excluding carboxylic acids is 1. The number of hydrogen-bond donors (Lipinski definition) is 1. The molecule has 0 spiro atoms. The number of amides is 1. The van der Waals surface area contributed by atoms with Crippen molar-refractivity contribution in [2.45, 2.75) is 6.92 Å². The van der Waals surface area contributed by atoms with E-state index in [-0.39, 0.29) is 17.0 Å². The summed E-state index contributed by atoms with van der Waals surface area (Å²) in [6.07, 6.45) is 0. The lowest BCUT2D eigenvalue weighted by Crippen LogP contribution is -2.13. The largest absolute Gasteiger partial charge is 0.491 e. The summed E-state index contributed by atoms with van der Waals surface area (Å²) in [5.41, 5.74) is 0.140. The molecule has 0 aliphatic rings. The molecule has 2 aromatic rings. The molecule has 3 nitrogen and oxygen atoms in total. The molecule has 104 valence electrons. The number of ether oxygens (including phenoxy) is 1. The van der Waals surface area contributed by atoms with Crippen LogP contribution >= 0.6 is 0 Å². The monoisotopic (exact) mass is 277 g/mol. The third-order valence-corrected chi connectivity index (χ3v) is 2.61. The Kier molecular flexibility index (Phi) is 4.30. The summed E-state index contributed by atoms with van der Waals surface area (Å²) < 4.78 is 32.1. The van der Waals surface area contributed by atoms with Gasteiger partial charge in [0.25, 0.3) is 5.91 Å². The van der Waals surface area contributed by atoms with E-state index >= 15 is 0 Å². The zero-order valence-corrected chi connectivity index (χ0v) is 10.8. The average Bonchev–Trinajstić information content (AvgIpc) is 2.42. The van der Waals surface area contributed by atoms with Crippen molar-refractivity contribution in [3.63, 3.8) is 0 Å². The van der Waals surface area contributed by atoms with Crippen molar-refractivity contribution >= 4 is 11.6 Å². The van der Waals surface area contributed by atoms with Gasteiger partial charge in [0.2, 0.25) is 0 Å². The Morgan fingerprint density at radius 2 is 1.90 bits per heavy atom. The summed E-state index contributed by atoms with van der Waals surface area (Å²) >= 11 is 0. The molecule has 5 heteroatoms. The smallest absolute Gasteiger partial charge is 0.258 e. The van der Waals surface area contributed by atoms with Crippen molar-refractivity contribution in [1.82, 2.24) is 0 Å². The highest BCUT2D eigenvalue weighted by molar-refractivity contribution is 6.04. The summed E-state index contributed by atoms with van der Waals surface area (Å²) in [6.45, 7) is 2.09. The van der Waals surface area contributed by atoms with Gasteiger partial charge in [0.05, 0.1) is 12.2 Å². The average molecular weight is 277 g/mol. The fraction of sp³-hybridized carbons (Fsp3) is 0.133. The predicted molar refractivity (Wildman–Crippen MR) is 71.9 cm³/mol. The molecule has 0 bridgehead atoms. The molecule has 0 unspecified atom stereocenters. The molecule has 0 atom stereocenters. The maximum atomic E-state index is 13.6. The lowest BCUT2D eigenvalue weighted by molar-refractivity contribution is 0.102. The molecular weight excluding hydrogens is 264 g/mol. The number of anilines is 1. The number of hydrogen-bond acceptors (Lipinski definition) is 2. The molecule has 20 heavy (non-hydrogen) atoms. The van der Waals surface area contributed by atoms with Gasteiger partial charge in [-0.15, -0.1) is 0 Å². The van der Waals surface area contributed by atoms with E-state index in [0.717, 1.165) is 6.07 Å². The standard InChI is InChI=1S/C15H13F2NO2/c1-2-20-14-8-7-10(9-13(14)17)18-15(19)11-5-3-4-6-12(11)16/h3-9H,2H2,1H3,(H,18,19). The van der Waals surface area contributed by atoms with Gasteiger partial charge in [-0.05, 0) is 31.2 Å². The Bertz CT molecular complexity index is 629. The highest BCUT2D eigenvalue weighted by Crippen LogP contribution is 2.21. The summed E-state index contributed by atoms with van der Waals surface area (Å²) in [6, 6.07) is 9.62. The minimum atomic E-state index is -0.633. The van der Waals surface area contributed by atoms with Gasteiger partial charge >= 0.3 is 0 Å². The molecule has 2 rings (SSSR count). The third-order valence-electron chi connectivity index (χ3n) is 2.61. The number of carbonyl (C=O) groups is 1. The summed E-state index contributed by atoms with van der Waals surface area (Å²) in [4.78, 5) is 11.9. The number of benzene rings is 2. The van der Waals surface area contributed by atoms with Crippen LogP contribution in [0.2, 0.25) is 0 Å². The van der Waals surface area contributed by atoms with Gasteiger partial charge in [0.15, 0.2) is 11.6 Å². The zero-order valence-electron chi connectivity index (χ0n) is 10.8. The summed E-state index contributed by atoms with van der Waals surface area (Å²) in [5.74, 6) is -1.74. The van der Waals surface area contributed by atoms with Crippen molar-refractivity contribution in [1.29, 1.82) is 0 Å². The van der Waals surface area contributed by atoms with Crippen LogP contribution in [0, 0.1) is 11.6 Å². The first-order valence-electron chi connectivity index (χ1n) is 6.10. The van der Waals surface area contributed by atoms with Crippen LogP contribution in [-0.2, 0) is 0 Å². The van der Waals surface area contributed by atoms with E-state index in [1.807, 2.05) is 0 Å². The van der Waals surface area contributed by atoms with Gasteiger partial charge in [-0.1, -0.05) is 12.1 Å². The van der Waals surface area contributed by atoms with Crippen molar-refractivity contribution in [3.05, 3.63) is 59.7 Å². The molecule has 0 aliphatic carbocycles. The van der Waals surface area contributed by atoms with Gasteiger partial charge < -0.3 is 10.1 Å². The topological polar surface area (TPSA) is 38.3 Å². The Morgan fingerprint density at radius 1 is 1.15 bits per heavy atom. The molecule has 0 heterocycles. The first-order chi connectivity index (χ1) is 9.61. The zero-order chi connectivity index (χ0) is 14.5. The molecular formula is C15H13F2NO2. The lowest BCUT2D eigenvalue weighted by atomic mass is 10.2.